The predicted octanol–water partition coefficient (Wildman–Crippen LogP) is 0.860. The average Bonchev–Trinajstić information content (AvgIpc) is 2.83. The molecular formula is C13H13N5O2. The first-order valence-corrected chi connectivity index (χ1v) is 6.12. The summed E-state index contributed by atoms with van der Waals surface area (Å²) in [6.07, 6.45) is 1.77. The van der Waals surface area contributed by atoms with Crippen LogP contribution in [0.5, 0.6) is 0 Å². The monoisotopic (exact) mass is 271 g/mol. The fourth-order valence-electron chi connectivity index (χ4n) is 1.98. The number of anilines is 1. The van der Waals surface area contributed by atoms with E-state index in [1.54, 1.807) is 18.3 Å². The van der Waals surface area contributed by atoms with Gasteiger partial charge in [-0.25, -0.2) is 0 Å². The molecule has 0 amide bonds. The second kappa shape index (κ2) is 4.69. The maximum absolute atomic E-state index is 11.3. The first kappa shape index (κ1) is 12.2. The van der Waals surface area contributed by atoms with Crippen LogP contribution in [0.1, 0.15) is 11.3 Å². The molecule has 0 aliphatic rings. The summed E-state index contributed by atoms with van der Waals surface area (Å²) in [5, 5.41) is 10.1. The third-order valence-electron chi connectivity index (χ3n) is 3.14. The van der Waals surface area contributed by atoms with Crippen molar-refractivity contribution in [3.05, 3.63) is 56.4 Å². The molecule has 4 N–H and O–H groups in total. The molecule has 0 spiro atoms. The summed E-state index contributed by atoms with van der Waals surface area (Å²) in [5.41, 5.74) is 2.81. The molecule has 20 heavy (non-hydrogen) atoms. The number of hydrogen-bond acceptors (Lipinski definition) is 4. The van der Waals surface area contributed by atoms with Crippen molar-refractivity contribution in [2.24, 2.45) is 0 Å². The minimum Gasteiger partial charge on any atom is -0.381 e. The largest absolute Gasteiger partial charge is 0.381 e. The molecule has 0 atom stereocenters. The molecule has 1 aromatic carbocycles. The van der Waals surface area contributed by atoms with Crippen molar-refractivity contribution in [2.45, 2.75) is 13.5 Å². The smallest absolute Gasteiger partial charge is 0.314 e. The number of nitrogens with zero attached hydrogens (tertiary/aromatic N) is 1. The molecule has 3 aromatic rings. The average molecular weight is 271 g/mol. The first-order valence-electron chi connectivity index (χ1n) is 6.12. The quantitative estimate of drug-likeness (QED) is 0.530. The van der Waals surface area contributed by atoms with Crippen molar-refractivity contribution in [3.63, 3.8) is 0 Å². The number of nitrogens with one attached hydrogen (secondary N) is 4. The van der Waals surface area contributed by atoms with Crippen LogP contribution in [-0.4, -0.2) is 20.2 Å². The Morgan fingerprint density at radius 1 is 1.15 bits per heavy atom. The van der Waals surface area contributed by atoms with Crippen LogP contribution in [-0.2, 0) is 6.54 Å². The van der Waals surface area contributed by atoms with Gasteiger partial charge >= 0.3 is 11.1 Å². The highest BCUT2D eigenvalue weighted by atomic mass is 16.2. The molecule has 0 saturated carbocycles. The number of aromatic nitrogens is 4. The highest BCUT2D eigenvalue weighted by Crippen LogP contribution is 2.15. The summed E-state index contributed by atoms with van der Waals surface area (Å²) < 4.78 is 0. The van der Waals surface area contributed by atoms with E-state index in [0.29, 0.717) is 17.6 Å². The van der Waals surface area contributed by atoms with Crippen molar-refractivity contribution in [1.29, 1.82) is 0 Å². The summed E-state index contributed by atoms with van der Waals surface area (Å²) in [5.74, 6) is 0. The number of H-pyrrole nitrogens is 3. The maximum atomic E-state index is 11.3. The lowest BCUT2D eigenvalue weighted by Crippen LogP contribution is -2.28. The molecule has 7 nitrogen and oxygen atoms in total. The maximum Gasteiger partial charge on any atom is 0.314 e. The molecule has 0 saturated heterocycles. The Bertz CT molecular complexity index is 874. The lowest BCUT2D eigenvalue weighted by atomic mass is 10.2. The van der Waals surface area contributed by atoms with Crippen molar-refractivity contribution in [2.75, 3.05) is 5.32 Å². The Morgan fingerprint density at radius 3 is 2.60 bits per heavy atom. The van der Waals surface area contributed by atoms with Crippen LogP contribution in [0.4, 0.5) is 5.69 Å². The molecule has 0 bridgehead atoms. The lowest BCUT2D eigenvalue weighted by Gasteiger charge is -2.06. The van der Waals surface area contributed by atoms with E-state index >= 15 is 0 Å². The van der Waals surface area contributed by atoms with E-state index in [1.165, 1.54) is 0 Å². The van der Waals surface area contributed by atoms with E-state index in [2.05, 4.69) is 25.5 Å². The van der Waals surface area contributed by atoms with Crippen molar-refractivity contribution >= 4 is 16.7 Å². The van der Waals surface area contributed by atoms with E-state index in [4.69, 9.17) is 0 Å². The summed E-state index contributed by atoms with van der Waals surface area (Å²) in [7, 11) is 0. The molecule has 3 rings (SSSR count). The standard InChI is InChI=1S/C13H13N5O2/c1-7-8(6-15-18-7)5-14-9-2-3-10-11(4-9)17-13(20)12(19)16-10/h2-4,6,14H,5H2,1H3,(H,15,18)(H,16,19)(H,17,20). The molecule has 0 aliphatic carbocycles. The van der Waals surface area contributed by atoms with Gasteiger partial charge in [-0.1, -0.05) is 0 Å². The van der Waals surface area contributed by atoms with E-state index in [-0.39, 0.29) is 0 Å². The fourth-order valence-corrected chi connectivity index (χ4v) is 1.98. The number of fused-ring (bicyclic) bond motifs is 1. The van der Waals surface area contributed by atoms with Gasteiger partial charge in [-0.3, -0.25) is 14.7 Å². The van der Waals surface area contributed by atoms with Crippen LogP contribution in [0.25, 0.3) is 11.0 Å². The van der Waals surface area contributed by atoms with Gasteiger partial charge in [0, 0.05) is 23.5 Å². The molecule has 102 valence electrons. The van der Waals surface area contributed by atoms with Crippen LogP contribution < -0.4 is 16.4 Å². The van der Waals surface area contributed by atoms with Crippen molar-refractivity contribution < 1.29 is 0 Å². The Hall–Kier alpha value is -2.83. The Morgan fingerprint density at radius 2 is 1.90 bits per heavy atom. The molecule has 0 aliphatic heterocycles. The van der Waals surface area contributed by atoms with Crippen molar-refractivity contribution in [1.82, 2.24) is 20.2 Å². The topological polar surface area (TPSA) is 106 Å². The zero-order chi connectivity index (χ0) is 14.1. The predicted molar refractivity (Wildman–Crippen MR) is 75.8 cm³/mol. The van der Waals surface area contributed by atoms with Crippen LogP contribution in [0.2, 0.25) is 0 Å². The molecule has 0 radical (unpaired) electrons. The van der Waals surface area contributed by atoms with Crippen molar-refractivity contribution in [3.8, 4) is 0 Å². The van der Waals surface area contributed by atoms with Gasteiger partial charge < -0.3 is 15.3 Å². The van der Waals surface area contributed by atoms with Crippen LogP contribution in [0, 0.1) is 6.92 Å². The van der Waals surface area contributed by atoms with E-state index in [0.717, 1.165) is 16.9 Å². The molecule has 7 heteroatoms. The minimum atomic E-state index is -0.652. The van der Waals surface area contributed by atoms with E-state index < -0.39 is 11.1 Å². The van der Waals surface area contributed by atoms with Gasteiger partial charge in [0.25, 0.3) is 0 Å². The zero-order valence-electron chi connectivity index (χ0n) is 10.8. The van der Waals surface area contributed by atoms with E-state index in [9.17, 15) is 9.59 Å². The fraction of sp³-hybridized carbons (Fsp3) is 0.154. The molecular weight excluding hydrogens is 258 g/mol. The number of benzene rings is 1. The summed E-state index contributed by atoms with van der Waals surface area (Å²) >= 11 is 0. The zero-order valence-corrected chi connectivity index (χ0v) is 10.8. The summed E-state index contributed by atoms with van der Waals surface area (Å²) in [4.78, 5) is 27.6. The van der Waals surface area contributed by atoms with Gasteiger partial charge in [-0.15, -0.1) is 0 Å². The highest BCUT2D eigenvalue weighted by molar-refractivity contribution is 5.78. The van der Waals surface area contributed by atoms with Gasteiger partial charge in [0.2, 0.25) is 0 Å². The lowest BCUT2D eigenvalue weighted by molar-refractivity contribution is 1.04. The SMILES string of the molecule is Cc1[nH]ncc1CNc1ccc2[nH]c(=O)c(=O)[nH]c2c1. The first-order chi connectivity index (χ1) is 9.63. The Balaban J connectivity index is 1.89. The second-order valence-electron chi connectivity index (χ2n) is 4.54. The van der Waals surface area contributed by atoms with Crippen LogP contribution >= 0.6 is 0 Å². The Kier molecular flexibility index (Phi) is 2.86. The molecule has 0 fully saturated rings. The second-order valence-corrected chi connectivity index (χ2v) is 4.54. The molecule has 0 unspecified atom stereocenters. The highest BCUT2D eigenvalue weighted by Gasteiger charge is 2.03. The van der Waals surface area contributed by atoms with Gasteiger partial charge in [0.15, 0.2) is 0 Å². The minimum absolute atomic E-state index is 0.587. The number of rotatable bonds is 3. The van der Waals surface area contributed by atoms with Gasteiger partial charge in [-0.05, 0) is 25.1 Å². The number of hydrogen-bond donors (Lipinski definition) is 4. The van der Waals surface area contributed by atoms with E-state index in [1.807, 2.05) is 13.0 Å². The van der Waals surface area contributed by atoms with Crippen LogP contribution in [0.3, 0.4) is 0 Å². The summed E-state index contributed by atoms with van der Waals surface area (Å²) in [6, 6.07) is 5.37. The third-order valence-corrected chi connectivity index (χ3v) is 3.14. The normalized spacial score (nSPS) is 10.8. The number of aromatic amines is 3. The molecule has 2 heterocycles. The number of aryl methyl sites for hydroxylation is 1. The summed E-state index contributed by atoms with van der Waals surface area (Å²) in [6.45, 7) is 2.58. The Labute approximate surface area is 113 Å². The van der Waals surface area contributed by atoms with Gasteiger partial charge in [-0.2, -0.15) is 5.10 Å². The van der Waals surface area contributed by atoms with Gasteiger partial charge in [0.1, 0.15) is 0 Å². The van der Waals surface area contributed by atoms with Gasteiger partial charge in [0.05, 0.1) is 17.2 Å². The van der Waals surface area contributed by atoms with Crippen LogP contribution in [0.15, 0.2) is 34.0 Å². The third kappa shape index (κ3) is 2.20. The molecule has 2 aromatic heterocycles.